The first-order chi connectivity index (χ1) is 12.0. The highest BCUT2D eigenvalue weighted by atomic mass is 35.5. The lowest BCUT2D eigenvalue weighted by Gasteiger charge is -2.11. The van der Waals surface area contributed by atoms with Crippen molar-refractivity contribution in [2.45, 2.75) is 6.54 Å². The standard InChI is InChI=1S/C18H18ClNO5/c1-23-13-7-8-14(16(9-13)24-2)18(22)25-11-17(21)20-10-12-5-3-4-6-15(12)19/h3-9H,10-11H2,1-2H3,(H,20,21). The van der Waals surface area contributed by atoms with Gasteiger partial charge in [0.05, 0.1) is 14.2 Å². The molecule has 0 heterocycles. The number of nitrogens with one attached hydrogen (secondary N) is 1. The largest absolute Gasteiger partial charge is 0.497 e. The van der Waals surface area contributed by atoms with Gasteiger partial charge in [0.1, 0.15) is 17.1 Å². The Morgan fingerprint density at radius 1 is 1.08 bits per heavy atom. The van der Waals surface area contributed by atoms with Crippen molar-refractivity contribution < 1.29 is 23.8 Å². The van der Waals surface area contributed by atoms with Crippen LogP contribution in [-0.4, -0.2) is 32.7 Å². The zero-order chi connectivity index (χ0) is 18.2. The lowest BCUT2D eigenvalue weighted by Crippen LogP contribution is -2.28. The fourth-order valence-corrected chi connectivity index (χ4v) is 2.27. The third kappa shape index (κ3) is 5.12. The van der Waals surface area contributed by atoms with Crippen LogP contribution in [0.4, 0.5) is 0 Å². The van der Waals surface area contributed by atoms with Crippen LogP contribution in [0.25, 0.3) is 0 Å². The summed E-state index contributed by atoms with van der Waals surface area (Å²) in [6.07, 6.45) is 0. The van der Waals surface area contributed by atoms with Crippen molar-refractivity contribution in [1.82, 2.24) is 5.32 Å². The SMILES string of the molecule is COc1ccc(C(=O)OCC(=O)NCc2ccccc2Cl)c(OC)c1. The molecule has 0 unspecified atom stereocenters. The average molecular weight is 364 g/mol. The highest BCUT2D eigenvalue weighted by molar-refractivity contribution is 6.31. The second-order valence-corrected chi connectivity index (χ2v) is 5.42. The van der Waals surface area contributed by atoms with Gasteiger partial charge in [-0.2, -0.15) is 0 Å². The summed E-state index contributed by atoms with van der Waals surface area (Å²) in [5.74, 6) is -0.236. The topological polar surface area (TPSA) is 73.9 Å². The lowest BCUT2D eigenvalue weighted by molar-refractivity contribution is -0.124. The third-order valence-electron chi connectivity index (χ3n) is 3.40. The average Bonchev–Trinajstić information content (AvgIpc) is 2.64. The molecule has 7 heteroatoms. The number of esters is 1. The Balaban J connectivity index is 1.89. The molecule has 0 spiro atoms. The quantitative estimate of drug-likeness (QED) is 0.766. The van der Waals surface area contributed by atoms with Crippen LogP contribution >= 0.6 is 11.6 Å². The Hall–Kier alpha value is -2.73. The van der Waals surface area contributed by atoms with E-state index in [0.717, 1.165) is 5.56 Å². The van der Waals surface area contributed by atoms with E-state index in [9.17, 15) is 9.59 Å². The number of carbonyl (C=O) groups excluding carboxylic acids is 2. The van der Waals surface area contributed by atoms with E-state index in [1.54, 1.807) is 30.3 Å². The molecule has 2 aromatic rings. The van der Waals surface area contributed by atoms with Gasteiger partial charge in [-0.15, -0.1) is 0 Å². The monoisotopic (exact) mass is 363 g/mol. The molecule has 0 radical (unpaired) electrons. The van der Waals surface area contributed by atoms with Crippen LogP contribution in [0.1, 0.15) is 15.9 Å². The maximum absolute atomic E-state index is 12.1. The molecular weight excluding hydrogens is 346 g/mol. The first-order valence-electron chi connectivity index (χ1n) is 7.44. The summed E-state index contributed by atoms with van der Waals surface area (Å²) in [7, 11) is 2.94. The summed E-state index contributed by atoms with van der Waals surface area (Å²) in [6.45, 7) is -0.152. The van der Waals surface area contributed by atoms with Crippen molar-refractivity contribution in [1.29, 1.82) is 0 Å². The van der Waals surface area contributed by atoms with Crippen LogP contribution in [0.2, 0.25) is 5.02 Å². The summed E-state index contributed by atoms with van der Waals surface area (Å²) in [4.78, 5) is 23.9. The number of amides is 1. The molecule has 0 saturated heterocycles. The highest BCUT2D eigenvalue weighted by Gasteiger charge is 2.16. The van der Waals surface area contributed by atoms with Gasteiger partial charge in [0, 0.05) is 17.6 Å². The molecule has 2 aromatic carbocycles. The van der Waals surface area contributed by atoms with Gasteiger partial charge in [-0.05, 0) is 23.8 Å². The van der Waals surface area contributed by atoms with E-state index in [-0.39, 0.29) is 12.1 Å². The normalized spacial score (nSPS) is 10.0. The number of rotatable bonds is 7. The maximum atomic E-state index is 12.1. The third-order valence-corrected chi connectivity index (χ3v) is 3.77. The molecule has 25 heavy (non-hydrogen) atoms. The van der Waals surface area contributed by atoms with Gasteiger partial charge in [0.2, 0.25) is 0 Å². The van der Waals surface area contributed by atoms with Crippen LogP contribution in [0, 0.1) is 0 Å². The summed E-state index contributed by atoms with van der Waals surface area (Å²) in [5.41, 5.74) is 0.989. The van der Waals surface area contributed by atoms with Gasteiger partial charge in [0.25, 0.3) is 5.91 Å². The van der Waals surface area contributed by atoms with Crippen LogP contribution in [0.15, 0.2) is 42.5 Å². The predicted octanol–water partition coefficient (Wildman–Crippen LogP) is 2.83. The molecule has 0 bridgehead atoms. The number of ether oxygens (including phenoxy) is 3. The minimum Gasteiger partial charge on any atom is -0.497 e. The fourth-order valence-electron chi connectivity index (χ4n) is 2.06. The molecule has 0 aliphatic carbocycles. The fraction of sp³-hybridized carbons (Fsp3) is 0.222. The van der Waals surface area contributed by atoms with Gasteiger partial charge >= 0.3 is 5.97 Å². The van der Waals surface area contributed by atoms with E-state index >= 15 is 0 Å². The van der Waals surface area contributed by atoms with E-state index in [4.69, 9.17) is 25.8 Å². The number of benzene rings is 2. The second-order valence-electron chi connectivity index (χ2n) is 5.01. The number of carbonyl (C=O) groups is 2. The van der Waals surface area contributed by atoms with Crippen molar-refractivity contribution in [3.05, 3.63) is 58.6 Å². The van der Waals surface area contributed by atoms with E-state index in [1.165, 1.54) is 20.3 Å². The van der Waals surface area contributed by atoms with E-state index < -0.39 is 18.5 Å². The van der Waals surface area contributed by atoms with Crippen LogP contribution in [0.5, 0.6) is 11.5 Å². The molecule has 132 valence electrons. The van der Waals surface area contributed by atoms with Crippen LogP contribution in [-0.2, 0) is 16.1 Å². The van der Waals surface area contributed by atoms with E-state index in [2.05, 4.69) is 5.32 Å². The minimum atomic E-state index is -0.660. The van der Waals surface area contributed by atoms with Crippen molar-refractivity contribution in [2.75, 3.05) is 20.8 Å². The first kappa shape index (κ1) is 18.6. The molecule has 6 nitrogen and oxygen atoms in total. The van der Waals surface area contributed by atoms with Crippen LogP contribution in [0.3, 0.4) is 0 Å². The van der Waals surface area contributed by atoms with Crippen LogP contribution < -0.4 is 14.8 Å². The van der Waals surface area contributed by atoms with Gasteiger partial charge < -0.3 is 19.5 Å². The number of hydrogen-bond acceptors (Lipinski definition) is 5. The molecule has 0 aliphatic rings. The van der Waals surface area contributed by atoms with Crippen molar-refractivity contribution in [3.8, 4) is 11.5 Å². The van der Waals surface area contributed by atoms with Gasteiger partial charge in [-0.3, -0.25) is 4.79 Å². The Labute approximate surface area is 150 Å². The molecule has 0 saturated carbocycles. The Morgan fingerprint density at radius 3 is 2.52 bits per heavy atom. The van der Waals surface area contributed by atoms with Crippen molar-refractivity contribution >= 4 is 23.5 Å². The molecule has 1 N–H and O–H groups in total. The number of hydrogen-bond donors (Lipinski definition) is 1. The van der Waals surface area contributed by atoms with E-state index in [0.29, 0.717) is 16.5 Å². The summed E-state index contributed by atoms with van der Waals surface area (Å²) in [5, 5.41) is 3.20. The Kier molecular flexibility index (Phi) is 6.65. The van der Waals surface area contributed by atoms with Crippen molar-refractivity contribution in [3.63, 3.8) is 0 Å². The minimum absolute atomic E-state index is 0.210. The zero-order valence-electron chi connectivity index (χ0n) is 13.9. The van der Waals surface area contributed by atoms with Crippen molar-refractivity contribution in [2.24, 2.45) is 0 Å². The summed E-state index contributed by atoms with van der Waals surface area (Å²) >= 11 is 6.01. The van der Waals surface area contributed by atoms with Gasteiger partial charge in [0.15, 0.2) is 6.61 Å². The number of methoxy groups -OCH3 is 2. The molecular formula is C18H18ClNO5. The molecule has 2 rings (SSSR count). The molecule has 1 amide bonds. The predicted molar refractivity (Wildman–Crippen MR) is 93.1 cm³/mol. The smallest absolute Gasteiger partial charge is 0.342 e. The lowest BCUT2D eigenvalue weighted by atomic mass is 10.2. The molecule has 0 aromatic heterocycles. The zero-order valence-corrected chi connectivity index (χ0v) is 14.6. The van der Waals surface area contributed by atoms with Gasteiger partial charge in [-0.1, -0.05) is 29.8 Å². The second kappa shape index (κ2) is 8.94. The summed E-state index contributed by atoms with van der Waals surface area (Å²) < 4.78 is 15.2. The maximum Gasteiger partial charge on any atom is 0.342 e. The van der Waals surface area contributed by atoms with Gasteiger partial charge in [-0.25, -0.2) is 4.79 Å². The summed E-state index contributed by atoms with van der Waals surface area (Å²) in [6, 6.07) is 11.9. The number of halogens is 1. The molecule has 0 aliphatic heterocycles. The highest BCUT2D eigenvalue weighted by Crippen LogP contribution is 2.25. The Morgan fingerprint density at radius 2 is 1.84 bits per heavy atom. The first-order valence-corrected chi connectivity index (χ1v) is 7.82. The van der Waals surface area contributed by atoms with E-state index in [1.807, 2.05) is 6.07 Å². The Bertz CT molecular complexity index is 763. The molecule has 0 fully saturated rings. The molecule has 0 atom stereocenters.